The number of carboxylic acids is 1. The van der Waals surface area contributed by atoms with Crippen LogP contribution in [0.2, 0.25) is 0 Å². The number of carboxylic acid groups (broad SMARTS) is 1. The minimum Gasteiger partial charge on any atom is -0.478 e. The summed E-state index contributed by atoms with van der Waals surface area (Å²) in [7, 11) is -17.0. The van der Waals surface area contributed by atoms with Crippen molar-refractivity contribution in [2.24, 2.45) is 0 Å². The molecular formula is C56H59N12O18P3. The Morgan fingerprint density at radius 3 is 1.67 bits per heavy atom. The summed E-state index contributed by atoms with van der Waals surface area (Å²) in [4.78, 5) is 138. The van der Waals surface area contributed by atoms with E-state index in [1.165, 1.54) is 24.3 Å². The molecule has 1 saturated heterocycles. The van der Waals surface area contributed by atoms with Gasteiger partial charge in [0.25, 0.3) is 11.5 Å². The van der Waals surface area contributed by atoms with E-state index in [1.807, 2.05) is 72.8 Å². The van der Waals surface area contributed by atoms with Crippen LogP contribution in [0, 0.1) is 0 Å². The van der Waals surface area contributed by atoms with Crippen molar-refractivity contribution in [2.45, 2.75) is 89.8 Å². The number of aliphatic hydroxyl groups excluding tert-OH is 1. The number of nitrogens with one attached hydrogen (secondary N) is 3. The van der Waals surface area contributed by atoms with Crippen molar-refractivity contribution in [3.05, 3.63) is 181 Å². The third-order valence-corrected chi connectivity index (χ3v) is 17.8. The van der Waals surface area contributed by atoms with E-state index in [2.05, 4.69) is 38.6 Å². The van der Waals surface area contributed by atoms with Crippen molar-refractivity contribution in [2.75, 3.05) is 19.7 Å². The molecule has 0 saturated carbocycles. The summed E-state index contributed by atoms with van der Waals surface area (Å²) in [5.74, 6) is -1.90. The van der Waals surface area contributed by atoms with Gasteiger partial charge >= 0.3 is 35.1 Å². The number of hydrogen-bond donors (Lipinski definition) is 9. The first-order valence-electron chi connectivity index (χ1n) is 27.7. The third-order valence-electron chi connectivity index (χ3n) is 14.0. The van der Waals surface area contributed by atoms with Crippen LogP contribution in [-0.4, -0.2) is 129 Å². The summed E-state index contributed by atoms with van der Waals surface area (Å²) in [5, 5.41) is 26.7. The number of aliphatic hydroxyl groups is 1. The lowest BCUT2D eigenvalue weighted by Gasteiger charge is -2.24. The average molecular weight is 1280 g/mol. The zero-order valence-electron chi connectivity index (χ0n) is 47.1. The van der Waals surface area contributed by atoms with E-state index in [0.717, 1.165) is 33.5 Å². The Labute approximate surface area is 505 Å². The number of H-pyrrole nitrogens is 1. The van der Waals surface area contributed by atoms with Gasteiger partial charge in [-0.05, 0) is 85.6 Å². The van der Waals surface area contributed by atoms with Crippen molar-refractivity contribution in [3.63, 3.8) is 0 Å². The second kappa shape index (κ2) is 27.8. The molecule has 2 unspecified atom stereocenters. The zero-order chi connectivity index (χ0) is 63.0. The highest BCUT2D eigenvalue weighted by Gasteiger charge is 2.43. The predicted octanol–water partition coefficient (Wildman–Crippen LogP) is 4.75. The number of carbonyl (C=O) groups is 3. The highest BCUT2D eigenvalue weighted by Crippen LogP contribution is 2.66. The quantitative estimate of drug-likeness (QED) is 0.0389. The molecule has 0 radical (unpaired) electrons. The van der Waals surface area contributed by atoms with Gasteiger partial charge in [-0.3, -0.25) is 38.3 Å². The Balaban J connectivity index is 0.787. The molecular weight excluding hydrogens is 1220 g/mol. The van der Waals surface area contributed by atoms with Crippen LogP contribution in [0.5, 0.6) is 0 Å². The summed E-state index contributed by atoms with van der Waals surface area (Å²) in [6.45, 7) is 0.959. The number of aromatic nitrogens is 8. The van der Waals surface area contributed by atoms with Crippen LogP contribution in [0.15, 0.2) is 119 Å². The van der Waals surface area contributed by atoms with Gasteiger partial charge in [0.15, 0.2) is 0 Å². The van der Waals surface area contributed by atoms with Gasteiger partial charge in [0, 0.05) is 77.0 Å². The number of unbranched alkanes of at least 4 members (excludes halogenated alkanes) is 2. The highest BCUT2D eigenvalue weighted by molar-refractivity contribution is 7.66. The highest BCUT2D eigenvalue weighted by atomic mass is 31.3. The Hall–Kier alpha value is -8.02. The van der Waals surface area contributed by atoms with Gasteiger partial charge in [-0.2, -0.15) is 8.62 Å². The largest absolute Gasteiger partial charge is 0.490 e. The smallest absolute Gasteiger partial charge is 0.478 e. The van der Waals surface area contributed by atoms with Crippen LogP contribution in [-0.2, 0) is 75.6 Å². The molecule has 466 valence electrons. The lowest BCUT2D eigenvalue weighted by atomic mass is 10.1. The van der Waals surface area contributed by atoms with E-state index in [4.69, 9.17) is 44.4 Å². The molecule has 11 heterocycles. The van der Waals surface area contributed by atoms with Crippen LogP contribution in [0.3, 0.4) is 0 Å². The number of aromatic carboxylic acids is 1. The van der Waals surface area contributed by atoms with Gasteiger partial charge in [-0.25, -0.2) is 53.2 Å². The Kier molecular flexibility index (Phi) is 20.0. The van der Waals surface area contributed by atoms with Crippen LogP contribution < -0.4 is 21.9 Å². The van der Waals surface area contributed by atoms with Crippen LogP contribution in [0.25, 0.3) is 40.2 Å². The van der Waals surface area contributed by atoms with Crippen molar-refractivity contribution >= 4 is 47.3 Å². The van der Waals surface area contributed by atoms with Crippen molar-refractivity contribution in [3.8, 4) is 34.2 Å². The molecule has 1 fully saturated rings. The number of ether oxygens (including phenoxy) is 1. The molecule has 4 aliphatic heterocycles. The normalized spacial score (nSPS) is 19.6. The van der Waals surface area contributed by atoms with Crippen molar-refractivity contribution in [1.29, 1.82) is 0 Å². The molecule has 9 N–H and O–H groups in total. The number of hydrogen-bond acceptors (Lipinski definition) is 21. The van der Waals surface area contributed by atoms with Crippen molar-refractivity contribution in [1.82, 2.24) is 59.9 Å². The van der Waals surface area contributed by atoms with Gasteiger partial charge in [0.1, 0.15) is 12.3 Å². The predicted molar refractivity (Wildman–Crippen MR) is 314 cm³/mol. The lowest BCUT2D eigenvalue weighted by molar-refractivity contribution is -0.121. The van der Waals surface area contributed by atoms with E-state index in [1.54, 1.807) is 12.1 Å². The third kappa shape index (κ3) is 17.7. The van der Waals surface area contributed by atoms with E-state index in [-0.39, 0.29) is 73.0 Å². The molecule has 11 rings (SSSR count). The number of phosphoric acid groups is 3. The summed E-state index contributed by atoms with van der Waals surface area (Å²) in [6.07, 6.45) is 1.01. The Morgan fingerprint density at radius 2 is 1.15 bits per heavy atom. The number of pyridine rings is 6. The maximum Gasteiger partial charge on any atom is 0.490 e. The fraction of sp³-hybridized carbons (Fsp3) is 0.304. The van der Waals surface area contributed by atoms with E-state index >= 15 is 0 Å². The fourth-order valence-electron chi connectivity index (χ4n) is 10.1. The number of amides is 2. The topological polar surface area (TPSA) is 423 Å². The number of nitrogens with zero attached hydrogens (tertiary/aromatic N) is 9. The first kappa shape index (κ1) is 64.0. The lowest BCUT2D eigenvalue weighted by Crippen LogP contribution is -2.33. The average Bonchev–Trinajstić information content (AvgIpc) is 2.85. The summed E-state index contributed by atoms with van der Waals surface area (Å²) >= 11 is 0. The summed E-state index contributed by atoms with van der Waals surface area (Å²) in [6, 6.07) is 29.4. The van der Waals surface area contributed by atoms with Crippen LogP contribution in [0.4, 0.5) is 0 Å². The van der Waals surface area contributed by atoms with Gasteiger partial charge in [-0.1, -0.05) is 42.8 Å². The minimum absolute atomic E-state index is 0.0193. The maximum absolute atomic E-state index is 14.2. The van der Waals surface area contributed by atoms with Gasteiger partial charge in [0.2, 0.25) is 5.91 Å². The monoisotopic (exact) mass is 1280 g/mol. The standard InChI is InChI=1S/C56H59N12O18P3/c69-49-25-52(84-50(49)33-83-88(79,80)86-89(81,82)85-87(76,77)78)68-26-34(54(72)65-56(68)75)9-8-20-57-51(70)18-2-1-3-19-58-53(71)35-21-41-31-66-27-37-10-4-14-43(59-37)45-16-6-12-39(61-45)29-67(32-42-22-36(55(73)74)24-48(64-42)47(23-35)63-41)30-40-13-7-17-46(62-40)44-15-5-11-38(28-66)60-44/h4-17,21-24,26,49-50,52,69H,1-3,18-20,25,27-33H2,(H,57,70)(H,58,71)(H,73,74)(H,79,80)(H,81,82)(H,65,72,75)(H2,76,77,78)/b9-8+/t49-,50+,52+/m0/s1. The maximum atomic E-state index is 14.2. The molecule has 14 bridgehead atoms. The molecule has 0 spiro atoms. The molecule has 5 atom stereocenters. The number of phosphoric ester groups is 1. The number of aromatic amines is 1. The van der Waals surface area contributed by atoms with Crippen LogP contribution in [0.1, 0.15) is 98.8 Å². The molecule has 2 amide bonds. The molecule has 30 nitrogen and oxygen atoms in total. The van der Waals surface area contributed by atoms with Crippen molar-refractivity contribution < 1.29 is 75.7 Å². The zero-order valence-corrected chi connectivity index (χ0v) is 49.7. The summed E-state index contributed by atoms with van der Waals surface area (Å²) in [5.41, 5.74) is 5.56. The molecule has 33 heteroatoms. The van der Waals surface area contributed by atoms with E-state index < -0.39 is 71.6 Å². The second-order valence-corrected chi connectivity index (χ2v) is 25.4. The number of rotatable bonds is 19. The first-order chi connectivity index (χ1) is 42.4. The van der Waals surface area contributed by atoms with Gasteiger partial charge in [0.05, 0.1) is 92.2 Å². The first-order valence-corrected chi connectivity index (χ1v) is 32.2. The van der Waals surface area contributed by atoms with Crippen LogP contribution >= 0.6 is 23.5 Å². The molecule has 89 heavy (non-hydrogen) atoms. The second-order valence-electron chi connectivity index (χ2n) is 21.0. The van der Waals surface area contributed by atoms with Gasteiger partial charge < -0.3 is 45.2 Å². The molecule has 4 aliphatic rings. The fourth-order valence-corrected chi connectivity index (χ4v) is 13.1. The van der Waals surface area contributed by atoms with Gasteiger partial charge in [-0.15, -0.1) is 0 Å². The minimum atomic E-state index is -5.81. The molecule has 7 aromatic heterocycles. The number of carbonyl (C=O) groups excluding carboxylic acids is 2. The molecule has 0 aromatic carbocycles. The Bertz CT molecular complexity index is 4030. The molecule has 0 aliphatic carbocycles. The summed E-state index contributed by atoms with van der Waals surface area (Å²) < 4.78 is 53.1. The van der Waals surface area contributed by atoms with E-state index in [0.29, 0.717) is 79.6 Å². The SMILES string of the molecule is O=C(CCCCCNC(=O)c1cc2nc(c1)-c1cc(C(=O)O)cc(n1)CN1Cc3cccc(n3)-c3cccc(n3)CN(Cc3cccc(n3)-c3cccc(n3)C1)C2)NC/C=C/c1cn([C@H]2C[C@H](O)[C@@H](COP(=O)(O)OP(=O)(O)OP(=O)(O)O)O2)c(=O)[nH]c1=O. The Morgan fingerprint density at radius 1 is 0.640 bits per heavy atom. The van der Waals surface area contributed by atoms with E-state index in [9.17, 15) is 57.7 Å². The molecule has 7 aromatic rings.